The minimum Gasteiger partial charge on any atom is -0.491 e. The fourth-order valence-corrected chi connectivity index (χ4v) is 4.36. The number of nitrogen functional groups attached to an aromatic ring is 1. The highest BCUT2D eigenvalue weighted by Gasteiger charge is 2.24. The summed E-state index contributed by atoms with van der Waals surface area (Å²) in [5, 5.41) is 0. The third-order valence-electron chi connectivity index (χ3n) is 3.67. The van der Waals surface area contributed by atoms with Gasteiger partial charge in [0.25, 0.3) is 5.69 Å². The molecular formula is C14H23N2OSi+. The van der Waals surface area contributed by atoms with Gasteiger partial charge in [-0.15, -0.1) is 5.54 Å². The first-order valence-corrected chi connectivity index (χ1v) is 9.11. The zero-order valence-corrected chi connectivity index (χ0v) is 12.8. The van der Waals surface area contributed by atoms with Crippen molar-refractivity contribution in [3.05, 3.63) is 24.0 Å². The molecule has 0 saturated carbocycles. The molecule has 0 atom stereocenters. The summed E-state index contributed by atoms with van der Waals surface area (Å²) in [5.74, 6) is 9.90. The fraction of sp³-hybridized carbons (Fsp3) is 0.500. The quantitative estimate of drug-likeness (QED) is 0.391. The van der Waals surface area contributed by atoms with Gasteiger partial charge >= 0.3 is 0 Å². The van der Waals surface area contributed by atoms with Gasteiger partial charge in [0.05, 0.1) is 7.11 Å². The summed E-state index contributed by atoms with van der Waals surface area (Å²) in [6.07, 6.45) is 1.75. The first kappa shape index (κ1) is 14.6. The highest BCUT2D eigenvalue weighted by molar-refractivity contribution is 6.87. The number of pyridine rings is 1. The lowest BCUT2D eigenvalue weighted by atomic mass is 10.3. The van der Waals surface area contributed by atoms with Gasteiger partial charge in [-0.05, 0) is 30.1 Å². The Labute approximate surface area is 111 Å². The van der Waals surface area contributed by atoms with E-state index in [-0.39, 0.29) is 0 Å². The zero-order chi connectivity index (χ0) is 13.6. The van der Waals surface area contributed by atoms with Crippen LogP contribution in [-0.2, 0) is 0 Å². The lowest BCUT2D eigenvalue weighted by Crippen LogP contribution is -2.47. The molecule has 0 aromatic carbocycles. The van der Waals surface area contributed by atoms with E-state index < -0.39 is 8.07 Å². The van der Waals surface area contributed by atoms with E-state index in [2.05, 4.69) is 32.2 Å². The topological polar surface area (TPSA) is 39.1 Å². The van der Waals surface area contributed by atoms with E-state index in [1.807, 2.05) is 12.1 Å². The number of methoxy groups -OCH3 is 1. The molecule has 1 aromatic heterocycles. The molecule has 0 aliphatic rings. The van der Waals surface area contributed by atoms with Crippen molar-refractivity contribution in [2.24, 2.45) is 0 Å². The van der Waals surface area contributed by atoms with Crippen LogP contribution < -0.4 is 15.3 Å². The Hall–Kier alpha value is -1.47. The Balaban J connectivity index is 3.04. The van der Waals surface area contributed by atoms with Gasteiger partial charge in [0.1, 0.15) is 8.07 Å². The van der Waals surface area contributed by atoms with E-state index in [0.717, 1.165) is 11.4 Å². The van der Waals surface area contributed by atoms with E-state index in [0.29, 0.717) is 0 Å². The Kier molecular flexibility index (Phi) is 5.23. The third-order valence-corrected chi connectivity index (χ3v) is 8.39. The maximum Gasteiger partial charge on any atom is 0.285 e. The third kappa shape index (κ3) is 3.27. The second-order valence-electron chi connectivity index (χ2n) is 4.45. The molecule has 0 bridgehead atoms. The molecule has 0 amide bonds. The van der Waals surface area contributed by atoms with Crippen molar-refractivity contribution in [2.45, 2.75) is 38.9 Å². The van der Waals surface area contributed by atoms with Crippen molar-refractivity contribution in [3.8, 4) is 17.2 Å². The van der Waals surface area contributed by atoms with E-state index >= 15 is 0 Å². The van der Waals surface area contributed by atoms with Crippen LogP contribution in [0.5, 0.6) is 5.75 Å². The van der Waals surface area contributed by atoms with Crippen molar-refractivity contribution < 1.29 is 9.41 Å². The second kappa shape index (κ2) is 6.46. The van der Waals surface area contributed by atoms with Crippen LogP contribution >= 0.6 is 0 Å². The van der Waals surface area contributed by atoms with Crippen LogP contribution in [0, 0.1) is 11.5 Å². The van der Waals surface area contributed by atoms with E-state index in [9.17, 15) is 0 Å². The SMILES string of the molecule is CC[Si](C#Cc1ccc(OC)c[n+]1N)(CC)CC. The van der Waals surface area contributed by atoms with E-state index in [1.54, 1.807) is 13.3 Å². The molecule has 3 nitrogen and oxygen atoms in total. The largest absolute Gasteiger partial charge is 0.491 e. The van der Waals surface area contributed by atoms with Gasteiger partial charge < -0.3 is 4.74 Å². The molecule has 4 heteroatoms. The number of ether oxygens (including phenoxy) is 1. The van der Waals surface area contributed by atoms with Crippen LogP contribution in [0.2, 0.25) is 18.1 Å². The first-order chi connectivity index (χ1) is 8.60. The van der Waals surface area contributed by atoms with Crippen molar-refractivity contribution in [2.75, 3.05) is 13.0 Å². The van der Waals surface area contributed by atoms with Gasteiger partial charge in [-0.2, -0.15) is 0 Å². The molecule has 0 spiro atoms. The Morgan fingerprint density at radius 1 is 1.22 bits per heavy atom. The predicted octanol–water partition coefficient (Wildman–Crippen LogP) is 2.10. The van der Waals surface area contributed by atoms with E-state index in [4.69, 9.17) is 10.6 Å². The van der Waals surface area contributed by atoms with Crippen molar-refractivity contribution in [1.82, 2.24) is 0 Å². The highest BCUT2D eigenvalue weighted by Crippen LogP contribution is 2.18. The lowest BCUT2D eigenvalue weighted by Gasteiger charge is -2.19. The number of rotatable bonds is 4. The highest BCUT2D eigenvalue weighted by atomic mass is 28.3. The van der Waals surface area contributed by atoms with Gasteiger partial charge in [0.15, 0.2) is 5.75 Å². The molecule has 1 rings (SSSR count). The summed E-state index contributed by atoms with van der Waals surface area (Å²) < 4.78 is 6.65. The average molecular weight is 263 g/mol. The maximum atomic E-state index is 5.90. The number of nitrogens with zero attached hydrogens (tertiary/aromatic N) is 1. The number of hydrogen-bond donors (Lipinski definition) is 1. The summed E-state index contributed by atoms with van der Waals surface area (Å²) in [5.41, 5.74) is 4.36. The summed E-state index contributed by atoms with van der Waals surface area (Å²) in [6, 6.07) is 7.40. The first-order valence-electron chi connectivity index (χ1n) is 6.48. The Morgan fingerprint density at radius 2 is 1.83 bits per heavy atom. The monoisotopic (exact) mass is 263 g/mol. The van der Waals surface area contributed by atoms with Crippen LogP contribution in [0.15, 0.2) is 18.3 Å². The Morgan fingerprint density at radius 3 is 2.28 bits per heavy atom. The summed E-state index contributed by atoms with van der Waals surface area (Å²) in [6.45, 7) is 6.75. The normalized spacial score (nSPS) is 10.7. The molecule has 0 radical (unpaired) electrons. The predicted molar refractivity (Wildman–Crippen MR) is 77.4 cm³/mol. The molecular weight excluding hydrogens is 240 g/mol. The lowest BCUT2D eigenvalue weighted by molar-refractivity contribution is -0.641. The second-order valence-corrected chi connectivity index (χ2v) is 9.38. The molecule has 1 heterocycles. The standard InChI is InChI=1S/C14H23N2OSi/c1-5-18(6-2,7-3)11-10-13-8-9-14(17-4)12-16(13)15/h8-9,12H,5-7,15H2,1-4H3/q+1. The van der Waals surface area contributed by atoms with E-state index in [1.165, 1.54) is 22.8 Å². The Bertz CT molecular complexity index is 450. The molecule has 18 heavy (non-hydrogen) atoms. The van der Waals surface area contributed by atoms with Crippen LogP contribution in [0.3, 0.4) is 0 Å². The summed E-state index contributed by atoms with van der Waals surface area (Å²) in [7, 11) is 0.223. The van der Waals surface area contributed by atoms with Crippen molar-refractivity contribution >= 4 is 8.07 Å². The fourth-order valence-electron chi connectivity index (χ4n) is 1.94. The summed E-state index contributed by atoms with van der Waals surface area (Å²) >= 11 is 0. The smallest absolute Gasteiger partial charge is 0.285 e. The van der Waals surface area contributed by atoms with Gasteiger partial charge in [-0.25, -0.2) is 5.84 Å². The molecule has 98 valence electrons. The van der Waals surface area contributed by atoms with Crippen molar-refractivity contribution in [1.29, 1.82) is 0 Å². The van der Waals surface area contributed by atoms with Gasteiger partial charge in [-0.1, -0.05) is 25.4 Å². The van der Waals surface area contributed by atoms with Crippen LogP contribution in [0.4, 0.5) is 0 Å². The van der Waals surface area contributed by atoms with Crippen LogP contribution in [0.25, 0.3) is 0 Å². The van der Waals surface area contributed by atoms with Gasteiger partial charge in [0.2, 0.25) is 6.20 Å². The van der Waals surface area contributed by atoms with Crippen LogP contribution in [0.1, 0.15) is 26.5 Å². The minimum atomic E-state index is -1.41. The average Bonchev–Trinajstić information content (AvgIpc) is 2.42. The molecule has 0 unspecified atom stereocenters. The number of hydrogen-bond acceptors (Lipinski definition) is 2. The van der Waals surface area contributed by atoms with Crippen molar-refractivity contribution in [3.63, 3.8) is 0 Å². The molecule has 2 N–H and O–H groups in total. The molecule has 1 aromatic rings. The maximum absolute atomic E-state index is 5.90. The molecule has 0 fully saturated rings. The number of nitrogens with two attached hydrogens (primary N) is 1. The summed E-state index contributed by atoms with van der Waals surface area (Å²) in [4.78, 5) is 0. The molecule has 0 aliphatic carbocycles. The van der Waals surface area contributed by atoms with Gasteiger partial charge in [0, 0.05) is 6.07 Å². The van der Waals surface area contributed by atoms with Crippen LogP contribution in [-0.4, -0.2) is 15.2 Å². The molecule has 0 aliphatic heterocycles. The zero-order valence-electron chi connectivity index (χ0n) is 11.8. The van der Waals surface area contributed by atoms with Gasteiger partial charge in [-0.3, -0.25) is 0 Å². The number of aromatic nitrogens is 1. The molecule has 0 saturated heterocycles. The minimum absolute atomic E-state index is 0.744.